The van der Waals surface area contributed by atoms with Crippen LogP contribution in [0, 0.1) is 0 Å². The molecule has 0 saturated heterocycles. The summed E-state index contributed by atoms with van der Waals surface area (Å²) in [6, 6.07) is 32.9. The minimum atomic E-state index is 0.872. The van der Waals surface area contributed by atoms with E-state index in [0.29, 0.717) is 0 Å². The molecule has 5 aromatic heterocycles. The maximum absolute atomic E-state index is 5.16. The van der Waals surface area contributed by atoms with E-state index >= 15 is 0 Å². The highest BCUT2D eigenvalue weighted by atomic mass is 15.0. The van der Waals surface area contributed by atoms with Gasteiger partial charge >= 0.3 is 0 Å². The highest BCUT2D eigenvalue weighted by molar-refractivity contribution is 6.21. The van der Waals surface area contributed by atoms with E-state index in [-0.39, 0.29) is 0 Å². The van der Waals surface area contributed by atoms with Crippen LogP contribution < -0.4 is 0 Å². The number of benzene rings is 4. The lowest BCUT2D eigenvalue weighted by Gasteiger charge is -2.12. The van der Waals surface area contributed by atoms with Crippen LogP contribution in [0.15, 0.2) is 116 Å². The average molecular weight is 524 g/mol. The van der Waals surface area contributed by atoms with Gasteiger partial charge in [0.05, 0.1) is 34.5 Å². The molecule has 0 spiro atoms. The van der Waals surface area contributed by atoms with Crippen LogP contribution in [0.25, 0.3) is 77.0 Å². The second-order valence-electron chi connectivity index (χ2n) is 10.9. The van der Waals surface area contributed by atoms with Gasteiger partial charge in [0.2, 0.25) is 0 Å². The van der Waals surface area contributed by atoms with E-state index < -0.39 is 0 Å². The molecule has 5 heterocycles. The van der Waals surface area contributed by atoms with Crippen molar-refractivity contribution in [3.63, 3.8) is 0 Å². The quantitative estimate of drug-likeness (QED) is 0.204. The molecule has 0 N–H and O–H groups in total. The minimum absolute atomic E-state index is 0.872. The third-order valence-corrected chi connectivity index (χ3v) is 8.90. The Bertz CT molecular complexity index is 2550. The van der Waals surface area contributed by atoms with E-state index in [9.17, 15) is 0 Å². The van der Waals surface area contributed by atoms with Gasteiger partial charge in [-0.05, 0) is 70.5 Å². The number of hydrogen-bond acceptors (Lipinski definition) is 3. The highest BCUT2D eigenvalue weighted by Crippen LogP contribution is 2.49. The molecule has 4 aromatic carbocycles. The number of aromatic nitrogens is 5. The van der Waals surface area contributed by atoms with Gasteiger partial charge in [0, 0.05) is 39.6 Å². The Morgan fingerprint density at radius 2 is 1.44 bits per heavy atom. The molecule has 41 heavy (non-hydrogen) atoms. The van der Waals surface area contributed by atoms with Crippen molar-refractivity contribution in [3.05, 3.63) is 127 Å². The van der Waals surface area contributed by atoms with E-state index in [4.69, 9.17) is 4.98 Å². The number of fused-ring (bicyclic) bond motifs is 16. The highest BCUT2D eigenvalue weighted by Gasteiger charge is 2.28. The van der Waals surface area contributed by atoms with Crippen molar-refractivity contribution in [2.24, 2.45) is 0 Å². The van der Waals surface area contributed by atoms with Crippen molar-refractivity contribution in [1.82, 2.24) is 23.9 Å². The van der Waals surface area contributed by atoms with Crippen molar-refractivity contribution in [3.8, 4) is 16.8 Å². The van der Waals surface area contributed by atoms with Crippen LogP contribution in [0.5, 0.6) is 0 Å². The lowest BCUT2D eigenvalue weighted by molar-refractivity contribution is 1.18. The monoisotopic (exact) mass is 523 g/mol. The molecule has 5 nitrogen and oxygen atoms in total. The smallest absolute Gasteiger partial charge is 0.146 e. The van der Waals surface area contributed by atoms with Gasteiger partial charge in [0.1, 0.15) is 11.2 Å². The van der Waals surface area contributed by atoms with Crippen LogP contribution in [0.1, 0.15) is 11.1 Å². The van der Waals surface area contributed by atoms with Crippen molar-refractivity contribution < 1.29 is 0 Å². The molecule has 1 aliphatic carbocycles. The normalized spacial score (nSPS) is 12.8. The third kappa shape index (κ3) is 2.63. The van der Waals surface area contributed by atoms with Gasteiger partial charge in [0.15, 0.2) is 0 Å². The first-order chi connectivity index (χ1) is 20.4. The summed E-state index contributed by atoms with van der Waals surface area (Å²) in [6.45, 7) is 0. The lowest BCUT2D eigenvalue weighted by atomic mass is 9.96. The lowest BCUT2D eigenvalue weighted by Crippen LogP contribution is -1.95. The topological polar surface area (TPSA) is 48.0 Å². The van der Waals surface area contributed by atoms with Crippen LogP contribution in [0.2, 0.25) is 0 Å². The average Bonchev–Trinajstić information content (AvgIpc) is 3.71. The van der Waals surface area contributed by atoms with Crippen LogP contribution in [-0.2, 0) is 6.42 Å². The third-order valence-electron chi connectivity index (χ3n) is 8.90. The molecule has 5 heteroatoms. The summed E-state index contributed by atoms with van der Waals surface area (Å²) >= 11 is 0. The molecule has 190 valence electrons. The predicted molar refractivity (Wildman–Crippen MR) is 166 cm³/mol. The van der Waals surface area contributed by atoms with Gasteiger partial charge < -0.3 is 4.57 Å². The summed E-state index contributed by atoms with van der Waals surface area (Å²) in [5, 5.41) is 6.21. The summed E-state index contributed by atoms with van der Waals surface area (Å²) in [5.41, 5.74) is 13.0. The molecular formula is C36H21N5. The van der Waals surface area contributed by atoms with Crippen LogP contribution in [-0.4, -0.2) is 23.9 Å². The maximum atomic E-state index is 5.16. The zero-order valence-corrected chi connectivity index (χ0v) is 21.9. The van der Waals surface area contributed by atoms with Gasteiger partial charge in [0.25, 0.3) is 0 Å². The summed E-state index contributed by atoms with van der Waals surface area (Å²) in [7, 11) is 0. The minimum Gasteiger partial charge on any atom is -0.309 e. The SMILES string of the molecule is c1ccc(-n2c3ccccc3c3c4c(ccc32)Cc2c-4ccc3c4ccncc4n4c5ccncc5nc4c23)cc1. The number of para-hydroxylation sites is 2. The fraction of sp³-hybridized carbons (Fsp3) is 0.0278. The number of pyridine rings is 3. The Kier molecular flexibility index (Phi) is 3.92. The molecule has 0 unspecified atom stereocenters. The molecule has 0 bridgehead atoms. The molecule has 10 rings (SSSR count). The molecule has 0 amide bonds. The molecule has 0 fully saturated rings. The fourth-order valence-corrected chi connectivity index (χ4v) is 7.29. The van der Waals surface area contributed by atoms with Gasteiger partial charge in [-0.15, -0.1) is 0 Å². The number of imidazole rings is 1. The van der Waals surface area contributed by atoms with E-state index in [2.05, 4.69) is 104 Å². The van der Waals surface area contributed by atoms with E-state index in [1.165, 1.54) is 65.9 Å². The summed E-state index contributed by atoms with van der Waals surface area (Å²) in [5.74, 6) is 0. The Hall–Kier alpha value is -5.55. The Morgan fingerprint density at radius 3 is 2.39 bits per heavy atom. The molecule has 0 saturated carbocycles. The standard InChI is InChI=1S/C36H21N5/c1-2-6-22(7-3-1)40-29-9-5-4-8-26(29)35-31(40)13-10-21-18-27-25(33(21)35)12-11-24-23-14-16-38-20-32(23)41-30-15-17-37-19-28(30)39-36(41)34(24)27/h1-17,19-20H,18H2. The number of rotatable bonds is 1. The first-order valence-electron chi connectivity index (χ1n) is 13.9. The second kappa shape index (κ2) is 7.55. The largest absolute Gasteiger partial charge is 0.309 e. The summed E-state index contributed by atoms with van der Waals surface area (Å²) in [6.07, 6.45) is 8.41. The van der Waals surface area contributed by atoms with Crippen molar-refractivity contribution >= 4 is 60.2 Å². The predicted octanol–water partition coefficient (Wildman–Crippen LogP) is 8.25. The maximum Gasteiger partial charge on any atom is 0.146 e. The van der Waals surface area contributed by atoms with Crippen molar-refractivity contribution in [2.45, 2.75) is 6.42 Å². The summed E-state index contributed by atoms with van der Waals surface area (Å²) < 4.78 is 4.67. The number of hydrogen-bond donors (Lipinski definition) is 0. The Balaban J connectivity index is 1.38. The van der Waals surface area contributed by atoms with E-state index in [0.717, 1.165) is 28.6 Å². The molecule has 0 radical (unpaired) electrons. The second-order valence-corrected chi connectivity index (χ2v) is 10.9. The van der Waals surface area contributed by atoms with Gasteiger partial charge in [-0.25, -0.2) is 4.98 Å². The molecule has 0 aliphatic heterocycles. The van der Waals surface area contributed by atoms with E-state index in [1.807, 2.05) is 30.9 Å². The first kappa shape index (κ1) is 21.3. The van der Waals surface area contributed by atoms with Gasteiger partial charge in [-0.2, -0.15) is 0 Å². The Morgan fingerprint density at radius 1 is 0.585 bits per heavy atom. The van der Waals surface area contributed by atoms with Gasteiger partial charge in [-0.1, -0.05) is 54.6 Å². The van der Waals surface area contributed by atoms with E-state index in [1.54, 1.807) is 0 Å². The van der Waals surface area contributed by atoms with Crippen molar-refractivity contribution in [1.29, 1.82) is 0 Å². The first-order valence-corrected chi connectivity index (χ1v) is 13.9. The van der Waals surface area contributed by atoms with Crippen LogP contribution >= 0.6 is 0 Å². The summed E-state index contributed by atoms with van der Waals surface area (Å²) in [4.78, 5) is 14.0. The van der Waals surface area contributed by atoms with Crippen molar-refractivity contribution in [2.75, 3.05) is 0 Å². The molecule has 1 aliphatic rings. The van der Waals surface area contributed by atoms with Crippen LogP contribution in [0.4, 0.5) is 0 Å². The molecule has 9 aromatic rings. The zero-order valence-electron chi connectivity index (χ0n) is 21.9. The van der Waals surface area contributed by atoms with Crippen LogP contribution in [0.3, 0.4) is 0 Å². The number of nitrogens with zero attached hydrogens (tertiary/aromatic N) is 5. The zero-order chi connectivity index (χ0) is 26.7. The molecular weight excluding hydrogens is 502 g/mol. The Labute approximate surface area is 234 Å². The molecule has 0 atom stereocenters. The van der Waals surface area contributed by atoms with Gasteiger partial charge in [-0.3, -0.25) is 14.4 Å². The fourth-order valence-electron chi connectivity index (χ4n) is 7.29.